The monoisotopic (exact) mass is 290 g/mol. The van der Waals surface area contributed by atoms with Gasteiger partial charge in [0.2, 0.25) is 0 Å². The lowest BCUT2D eigenvalue weighted by molar-refractivity contribution is 0.139. The summed E-state index contributed by atoms with van der Waals surface area (Å²) in [6.45, 7) is 10.4. The molecule has 0 spiro atoms. The quantitative estimate of drug-likeness (QED) is 0.868. The first-order chi connectivity index (χ1) is 9.97. The molecule has 2 rings (SSSR count). The topological polar surface area (TPSA) is 41.6 Å². The third-order valence-electron chi connectivity index (χ3n) is 4.16. The molecule has 0 saturated carbocycles. The molecule has 4 heteroatoms. The number of carbonyl (C=O) groups excluding carboxylic acids is 1. The number of ether oxygens (including phenoxy) is 1. The van der Waals surface area contributed by atoms with Crippen molar-refractivity contribution in [1.82, 2.24) is 10.2 Å². The smallest absolute Gasteiger partial charge is 0.320 e. The summed E-state index contributed by atoms with van der Waals surface area (Å²) >= 11 is 0. The summed E-state index contributed by atoms with van der Waals surface area (Å²) in [7, 11) is 0. The highest BCUT2D eigenvalue weighted by Crippen LogP contribution is 2.21. The normalized spacial score (nSPS) is 22.0. The number of benzene rings is 1. The van der Waals surface area contributed by atoms with E-state index in [-0.39, 0.29) is 12.8 Å². The van der Waals surface area contributed by atoms with Crippen molar-refractivity contribution in [2.75, 3.05) is 19.8 Å². The molecular formula is C17H26N2O2. The Balaban J connectivity index is 1.83. The van der Waals surface area contributed by atoms with Gasteiger partial charge in [-0.05, 0) is 49.3 Å². The lowest BCUT2D eigenvalue weighted by Gasteiger charge is -2.34. The summed E-state index contributed by atoms with van der Waals surface area (Å²) in [5.74, 6) is 1.97. The molecule has 0 radical (unpaired) electrons. The molecule has 1 aromatic carbocycles. The number of amides is 2. The number of nitrogens with one attached hydrogen (secondary N) is 1. The zero-order chi connectivity index (χ0) is 15.4. The predicted molar refractivity (Wildman–Crippen MR) is 84.5 cm³/mol. The average molecular weight is 290 g/mol. The minimum Gasteiger partial charge on any atom is -0.473 e. The molecule has 2 amide bonds. The fourth-order valence-corrected chi connectivity index (χ4v) is 3.00. The van der Waals surface area contributed by atoms with Crippen LogP contribution < -0.4 is 10.1 Å². The zero-order valence-corrected chi connectivity index (χ0v) is 13.5. The van der Waals surface area contributed by atoms with E-state index in [1.807, 2.05) is 24.0 Å². The number of likely N-dealkylation sites (tertiary alicyclic amines) is 1. The largest absolute Gasteiger partial charge is 0.473 e. The van der Waals surface area contributed by atoms with Crippen molar-refractivity contribution in [2.24, 2.45) is 11.8 Å². The van der Waals surface area contributed by atoms with Gasteiger partial charge in [-0.25, -0.2) is 4.79 Å². The van der Waals surface area contributed by atoms with Crippen LogP contribution in [0.15, 0.2) is 18.2 Å². The second kappa shape index (κ2) is 6.83. The van der Waals surface area contributed by atoms with E-state index in [2.05, 4.69) is 32.2 Å². The summed E-state index contributed by atoms with van der Waals surface area (Å²) in [6, 6.07) is 5.92. The van der Waals surface area contributed by atoms with Crippen LogP contribution in [0.2, 0.25) is 0 Å². The third-order valence-corrected chi connectivity index (χ3v) is 4.16. The van der Waals surface area contributed by atoms with Crippen molar-refractivity contribution in [3.05, 3.63) is 29.3 Å². The van der Waals surface area contributed by atoms with Gasteiger partial charge in [-0.1, -0.05) is 26.0 Å². The van der Waals surface area contributed by atoms with Gasteiger partial charge in [0, 0.05) is 13.1 Å². The van der Waals surface area contributed by atoms with Crippen molar-refractivity contribution in [2.45, 2.75) is 34.1 Å². The molecule has 1 saturated heterocycles. The number of rotatable bonds is 3. The van der Waals surface area contributed by atoms with E-state index >= 15 is 0 Å². The van der Waals surface area contributed by atoms with Crippen LogP contribution in [0.25, 0.3) is 0 Å². The van der Waals surface area contributed by atoms with E-state index < -0.39 is 0 Å². The number of hydrogen-bond acceptors (Lipinski definition) is 2. The Morgan fingerprint density at radius 2 is 1.95 bits per heavy atom. The number of aryl methyl sites for hydroxylation is 1. The molecule has 1 heterocycles. The van der Waals surface area contributed by atoms with Crippen LogP contribution in [0.4, 0.5) is 4.79 Å². The van der Waals surface area contributed by atoms with Gasteiger partial charge in [0.1, 0.15) is 5.75 Å². The lowest BCUT2D eigenvalue weighted by atomic mass is 9.92. The minimum atomic E-state index is -0.0290. The maximum atomic E-state index is 12.2. The van der Waals surface area contributed by atoms with Gasteiger partial charge in [0.15, 0.2) is 6.73 Å². The second-order valence-electron chi connectivity index (χ2n) is 6.32. The van der Waals surface area contributed by atoms with E-state index in [1.165, 1.54) is 12.0 Å². The van der Waals surface area contributed by atoms with Crippen molar-refractivity contribution >= 4 is 6.03 Å². The van der Waals surface area contributed by atoms with Crippen LogP contribution in [0.5, 0.6) is 5.75 Å². The third kappa shape index (κ3) is 4.13. The fourth-order valence-electron chi connectivity index (χ4n) is 3.00. The van der Waals surface area contributed by atoms with Gasteiger partial charge in [0.25, 0.3) is 0 Å². The summed E-state index contributed by atoms with van der Waals surface area (Å²) < 4.78 is 5.67. The summed E-state index contributed by atoms with van der Waals surface area (Å²) in [4.78, 5) is 14.1. The highest BCUT2D eigenvalue weighted by atomic mass is 16.5. The fraction of sp³-hybridized carbons (Fsp3) is 0.588. The van der Waals surface area contributed by atoms with Crippen LogP contribution in [0.1, 0.15) is 31.4 Å². The summed E-state index contributed by atoms with van der Waals surface area (Å²) in [5, 5.41) is 2.85. The Morgan fingerprint density at radius 3 is 2.62 bits per heavy atom. The molecule has 2 atom stereocenters. The maximum Gasteiger partial charge on any atom is 0.320 e. The summed E-state index contributed by atoms with van der Waals surface area (Å²) in [5.41, 5.74) is 2.31. The highest BCUT2D eigenvalue weighted by Gasteiger charge is 2.25. The molecule has 1 fully saturated rings. The van der Waals surface area contributed by atoms with E-state index in [0.717, 1.165) is 24.4 Å². The minimum absolute atomic E-state index is 0.0290. The number of piperidine rings is 1. The van der Waals surface area contributed by atoms with E-state index in [1.54, 1.807) is 0 Å². The van der Waals surface area contributed by atoms with E-state index in [4.69, 9.17) is 4.74 Å². The van der Waals surface area contributed by atoms with Crippen LogP contribution in [0, 0.1) is 25.7 Å². The standard InChI is InChI=1S/C17H26N2O2/c1-12-8-13(2)10-19(9-12)17(20)18-11-21-16-7-5-6-14(3)15(16)4/h5-7,12-13H,8-11H2,1-4H3,(H,18,20). The molecule has 21 heavy (non-hydrogen) atoms. The van der Waals surface area contributed by atoms with Gasteiger partial charge < -0.3 is 15.0 Å². The maximum absolute atomic E-state index is 12.2. The average Bonchev–Trinajstić information content (AvgIpc) is 2.42. The van der Waals surface area contributed by atoms with E-state index in [9.17, 15) is 4.79 Å². The molecule has 0 bridgehead atoms. The molecule has 1 aliphatic rings. The second-order valence-corrected chi connectivity index (χ2v) is 6.32. The lowest BCUT2D eigenvalue weighted by Crippen LogP contribution is -2.48. The van der Waals surface area contributed by atoms with Crippen LogP contribution in [0.3, 0.4) is 0 Å². The molecule has 2 unspecified atom stereocenters. The Hall–Kier alpha value is -1.71. The first-order valence-electron chi connectivity index (χ1n) is 7.69. The number of urea groups is 1. The van der Waals surface area contributed by atoms with Gasteiger partial charge in [-0.15, -0.1) is 0 Å². The first-order valence-corrected chi connectivity index (χ1v) is 7.69. The van der Waals surface area contributed by atoms with Crippen LogP contribution in [-0.4, -0.2) is 30.8 Å². The Kier molecular flexibility index (Phi) is 5.10. The van der Waals surface area contributed by atoms with Crippen LogP contribution >= 0.6 is 0 Å². The van der Waals surface area contributed by atoms with Gasteiger partial charge in [0.05, 0.1) is 0 Å². The van der Waals surface area contributed by atoms with Crippen molar-refractivity contribution < 1.29 is 9.53 Å². The number of carbonyl (C=O) groups is 1. The zero-order valence-electron chi connectivity index (χ0n) is 13.5. The van der Waals surface area contributed by atoms with Crippen LogP contribution in [-0.2, 0) is 0 Å². The molecule has 116 valence electrons. The molecule has 1 aromatic rings. The molecule has 0 aromatic heterocycles. The summed E-state index contributed by atoms with van der Waals surface area (Å²) in [6.07, 6.45) is 1.20. The van der Waals surface area contributed by atoms with Crippen molar-refractivity contribution in [3.8, 4) is 5.75 Å². The predicted octanol–water partition coefficient (Wildman–Crippen LogP) is 3.33. The molecule has 1 N–H and O–H groups in total. The van der Waals surface area contributed by atoms with Gasteiger partial charge in [-0.2, -0.15) is 0 Å². The van der Waals surface area contributed by atoms with E-state index in [0.29, 0.717) is 11.8 Å². The molecular weight excluding hydrogens is 264 g/mol. The molecule has 0 aliphatic carbocycles. The molecule has 1 aliphatic heterocycles. The molecule has 4 nitrogen and oxygen atoms in total. The van der Waals surface area contributed by atoms with Gasteiger partial charge in [-0.3, -0.25) is 0 Å². The number of hydrogen-bond donors (Lipinski definition) is 1. The Morgan fingerprint density at radius 1 is 1.29 bits per heavy atom. The highest BCUT2D eigenvalue weighted by molar-refractivity contribution is 5.74. The van der Waals surface area contributed by atoms with Crippen molar-refractivity contribution in [1.29, 1.82) is 0 Å². The SMILES string of the molecule is Cc1cccc(OCNC(=O)N2CC(C)CC(C)C2)c1C. The Bertz CT molecular complexity index is 492. The first kappa shape index (κ1) is 15.7. The van der Waals surface area contributed by atoms with Gasteiger partial charge >= 0.3 is 6.03 Å². The number of nitrogens with zero attached hydrogens (tertiary/aromatic N) is 1. The Labute approximate surface area is 127 Å². The van der Waals surface area contributed by atoms with Crippen molar-refractivity contribution in [3.63, 3.8) is 0 Å².